The average Bonchev–Trinajstić information content (AvgIpc) is 3.16. The summed E-state index contributed by atoms with van der Waals surface area (Å²) in [5, 5.41) is 3.34. The molecule has 0 atom stereocenters. The third kappa shape index (κ3) is 13.7. The number of nitrogens with one attached hydrogen (secondary N) is 1. The lowest BCUT2D eigenvalue weighted by Crippen LogP contribution is -2.39. The fourth-order valence-electron chi connectivity index (χ4n) is 5.88. The molecular weight excluding hydrogens is 448 g/mol. The summed E-state index contributed by atoms with van der Waals surface area (Å²) in [4.78, 5) is 24.1. The third-order valence-electron chi connectivity index (χ3n) is 7.44. The number of hydrogen-bond donors (Lipinski definition) is 1. The van der Waals surface area contributed by atoms with Crippen molar-refractivity contribution in [1.82, 2.24) is 29.8 Å². The van der Waals surface area contributed by atoms with Crippen molar-refractivity contribution in [2.45, 2.75) is 66.7 Å². The van der Waals surface area contributed by atoms with Gasteiger partial charge in [0.05, 0.1) is 0 Å². The zero-order valence-electron chi connectivity index (χ0n) is 25.2. The molecule has 1 amide bonds. The lowest BCUT2D eigenvalue weighted by Gasteiger charge is -2.28. The van der Waals surface area contributed by atoms with Gasteiger partial charge in [0.2, 0.25) is 5.91 Å². The van der Waals surface area contributed by atoms with Gasteiger partial charge >= 0.3 is 0 Å². The smallest absolute Gasteiger partial charge is 0.222 e. The molecule has 0 aliphatic carbocycles. The van der Waals surface area contributed by atoms with Gasteiger partial charge in [-0.15, -0.1) is 0 Å². The van der Waals surface area contributed by atoms with Crippen LogP contribution >= 0.6 is 0 Å². The minimum absolute atomic E-state index is 0.262. The molecule has 214 valence electrons. The Labute approximate surface area is 224 Å². The Kier molecular flexibility index (Phi) is 18.7. The number of amides is 1. The molecule has 2 saturated heterocycles. The Morgan fingerprint density at radius 1 is 0.694 bits per heavy atom. The summed E-state index contributed by atoms with van der Waals surface area (Å²) in [5.74, 6) is 1.64. The molecule has 0 aromatic carbocycles. The van der Waals surface area contributed by atoms with E-state index in [9.17, 15) is 4.79 Å². The summed E-state index contributed by atoms with van der Waals surface area (Å²) in [6, 6.07) is 0. The maximum Gasteiger partial charge on any atom is 0.222 e. The molecule has 7 nitrogen and oxygen atoms in total. The molecule has 2 heterocycles. The van der Waals surface area contributed by atoms with Gasteiger partial charge in [-0.2, -0.15) is 0 Å². The number of carbonyl (C=O) groups excluding carboxylic acids is 1. The minimum Gasteiger partial charge on any atom is -0.345 e. The zero-order valence-corrected chi connectivity index (χ0v) is 25.2. The van der Waals surface area contributed by atoms with Crippen LogP contribution in [0.2, 0.25) is 0 Å². The van der Waals surface area contributed by atoms with Gasteiger partial charge in [0.25, 0.3) is 0 Å². The van der Waals surface area contributed by atoms with E-state index in [1.807, 2.05) is 18.9 Å². The van der Waals surface area contributed by atoms with E-state index in [0.29, 0.717) is 12.3 Å². The van der Waals surface area contributed by atoms with Crippen molar-refractivity contribution in [1.29, 1.82) is 0 Å². The number of rotatable bonds is 13. The summed E-state index contributed by atoms with van der Waals surface area (Å²) < 4.78 is 0. The quantitative estimate of drug-likeness (QED) is 0.411. The van der Waals surface area contributed by atoms with Crippen LogP contribution in [0.25, 0.3) is 0 Å². The molecule has 0 radical (unpaired) electrons. The molecule has 2 aliphatic rings. The molecule has 0 aromatic heterocycles. The van der Waals surface area contributed by atoms with Crippen LogP contribution in [-0.2, 0) is 4.79 Å². The number of hydrogen-bond acceptors (Lipinski definition) is 6. The van der Waals surface area contributed by atoms with Crippen molar-refractivity contribution in [3.05, 3.63) is 0 Å². The lowest BCUT2D eigenvalue weighted by molar-refractivity contribution is -0.130. The van der Waals surface area contributed by atoms with E-state index >= 15 is 0 Å². The fraction of sp³-hybridized carbons (Fsp3) is 0.966. The van der Waals surface area contributed by atoms with E-state index in [0.717, 1.165) is 32.1 Å². The van der Waals surface area contributed by atoms with Crippen LogP contribution in [0.15, 0.2) is 0 Å². The van der Waals surface area contributed by atoms with Gasteiger partial charge in [-0.3, -0.25) is 4.79 Å². The average molecular weight is 511 g/mol. The molecule has 0 saturated carbocycles. The number of carbonyl (C=O) groups is 1. The van der Waals surface area contributed by atoms with Gasteiger partial charge in [-0.05, 0) is 64.8 Å². The van der Waals surface area contributed by atoms with Crippen LogP contribution in [0.4, 0.5) is 0 Å². The van der Waals surface area contributed by atoms with Gasteiger partial charge < -0.3 is 29.8 Å². The van der Waals surface area contributed by atoms with Crippen molar-refractivity contribution < 1.29 is 4.79 Å². The standard InChI is InChI=1S/C16H33N3O.C13H29N3/c1-5-8-18-10-11-19(9-6-2)14-15(13-18)12-17(4)16(20)7-3;1-4-6-15-8-9-16(7-5-2)12-13(11-15)10-14-3/h15H,5-14H2,1-4H3;13-14H,4-12H2,1-3H3. The minimum atomic E-state index is 0.262. The van der Waals surface area contributed by atoms with Crippen LogP contribution in [0, 0.1) is 11.8 Å². The first kappa shape index (κ1) is 33.3. The molecule has 7 heteroatoms. The van der Waals surface area contributed by atoms with Crippen LogP contribution < -0.4 is 5.32 Å². The highest BCUT2D eigenvalue weighted by Gasteiger charge is 2.24. The van der Waals surface area contributed by atoms with Gasteiger partial charge in [-0.1, -0.05) is 34.6 Å². The Morgan fingerprint density at radius 2 is 1.06 bits per heavy atom. The van der Waals surface area contributed by atoms with Crippen molar-refractivity contribution in [2.24, 2.45) is 11.8 Å². The van der Waals surface area contributed by atoms with E-state index in [4.69, 9.17) is 0 Å². The van der Waals surface area contributed by atoms with Crippen LogP contribution in [0.3, 0.4) is 0 Å². The second-order valence-corrected chi connectivity index (χ2v) is 11.1. The van der Waals surface area contributed by atoms with E-state index in [-0.39, 0.29) is 5.91 Å². The highest BCUT2D eigenvalue weighted by molar-refractivity contribution is 5.75. The highest BCUT2D eigenvalue weighted by Crippen LogP contribution is 2.13. The lowest BCUT2D eigenvalue weighted by atomic mass is 10.1. The second kappa shape index (κ2) is 20.3. The molecule has 0 bridgehead atoms. The topological polar surface area (TPSA) is 45.3 Å². The summed E-state index contributed by atoms with van der Waals surface area (Å²) >= 11 is 0. The summed E-state index contributed by atoms with van der Waals surface area (Å²) in [7, 11) is 4.02. The third-order valence-corrected chi connectivity index (χ3v) is 7.44. The molecule has 0 aromatic rings. The van der Waals surface area contributed by atoms with E-state index in [1.165, 1.54) is 91.1 Å². The molecule has 36 heavy (non-hydrogen) atoms. The van der Waals surface area contributed by atoms with Gasteiger partial charge in [0.1, 0.15) is 0 Å². The molecule has 2 aliphatic heterocycles. The second-order valence-electron chi connectivity index (χ2n) is 11.1. The van der Waals surface area contributed by atoms with Crippen molar-refractivity contribution in [2.75, 3.05) is 106 Å². The fourth-order valence-corrected chi connectivity index (χ4v) is 5.88. The molecule has 0 unspecified atom stereocenters. The highest BCUT2D eigenvalue weighted by atomic mass is 16.2. The number of nitrogens with zero attached hydrogens (tertiary/aromatic N) is 5. The van der Waals surface area contributed by atoms with Crippen molar-refractivity contribution in [3.63, 3.8) is 0 Å². The molecule has 2 fully saturated rings. The maximum atomic E-state index is 11.8. The predicted octanol–water partition coefficient (Wildman–Crippen LogP) is 3.17. The molecule has 0 spiro atoms. The Bertz CT molecular complexity index is 516. The molecular formula is C29H62N6O. The van der Waals surface area contributed by atoms with E-state index < -0.39 is 0 Å². The first-order valence-electron chi connectivity index (χ1n) is 15.2. The zero-order chi connectivity index (χ0) is 26.8. The maximum absolute atomic E-state index is 11.8. The molecule has 2 rings (SSSR count). The summed E-state index contributed by atoms with van der Waals surface area (Å²) in [6.45, 7) is 27.6. The summed E-state index contributed by atoms with van der Waals surface area (Å²) in [5.41, 5.74) is 0. The normalized spacial score (nSPS) is 20.0. The van der Waals surface area contributed by atoms with Gasteiger partial charge in [-0.25, -0.2) is 0 Å². The van der Waals surface area contributed by atoms with E-state index in [1.54, 1.807) is 0 Å². The van der Waals surface area contributed by atoms with E-state index in [2.05, 4.69) is 59.7 Å². The first-order chi connectivity index (χ1) is 17.4. The first-order valence-corrected chi connectivity index (χ1v) is 15.2. The van der Waals surface area contributed by atoms with Gasteiger partial charge in [0.15, 0.2) is 0 Å². The Balaban J connectivity index is 0.000000369. The summed E-state index contributed by atoms with van der Waals surface area (Å²) in [6.07, 6.45) is 5.59. The largest absolute Gasteiger partial charge is 0.345 e. The van der Waals surface area contributed by atoms with Gasteiger partial charge in [0, 0.05) is 84.8 Å². The Hall–Kier alpha value is -0.730. The Morgan fingerprint density at radius 3 is 1.36 bits per heavy atom. The predicted molar refractivity (Wildman–Crippen MR) is 156 cm³/mol. The van der Waals surface area contributed by atoms with Crippen LogP contribution in [-0.4, -0.2) is 136 Å². The SMILES string of the molecule is CCCN1CCN(CCC)CC(CN(C)C(=O)CC)C1.CCCN1CCN(CCC)CC(CNC)C1. The van der Waals surface area contributed by atoms with Crippen LogP contribution in [0.5, 0.6) is 0 Å². The van der Waals surface area contributed by atoms with Crippen molar-refractivity contribution in [3.8, 4) is 0 Å². The molecule has 1 N–H and O–H groups in total. The van der Waals surface area contributed by atoms with Crippen LogP contribution in [0.1, 0.15) is 66.7 Å². The monoisotopic (exact) mass is 510 g/mol. The van der Waals surface area contributed by atoms with Crippen molar-refractivity contribution >= 4 is 5.91 Å².